The lowest BCUT2D eigenvalue weighted by molar-refractivity contribution is -0.116. The minimum atomic E-state index is -0.616. The van der Waals surface area contributed by atoms with Crippen LogP contribution in [0.15, 0.2) is 41.8 Å². The van der Waals surface area contributed by atoms with E-state index in [-0.39, 0.29) is 23.6 Å². The maximum atomic E-state index is 14.5. The van der Waals surface area contributed by atoms with Crippen LogP contribution in [0, 0.1) is 0 Å². The van der Waals surface area contributed by atoms with Gasteiger partial charge in [-0.3, -0.25) is 0 Å². The van der Waals surface area contributed by atoms with Crippen molar-refractivity contribution in [2.75, 3.05) is 15.5 Å². The van der Waals surface area contributed by atoms with Crippen molar-refractivity contribution in [2.45, 2.75) is 98.4 Å². The molecule has 0 amide bonds. The molecule has 2 heterocycles. The van der Waals surface area contributed by atoms with Gasteiger partial charge in [0.2, 0.25) is 5.95 Å². The fourth-order valence-electron chi connectivity index (χ4n) is 3.83. The van der Waals surface area contributed by atoms with E-state index in [0.717, 1.165) is 37.2 Å². The molecule has 3 rings (SSSR count). The summed E-state index contributed by atoms with van der Waals surface area (Å²) in [5.41, 5.74) is 0.605. The number of halogens is 2. The van der Waals surface area contributed by atoms with Gasteiger partial charge < -0.3 is 30.4 Å². The highest BCUT2D eigenvalue weighted by atomic mass is 19.1. The number of hydrogen-bond donors (Lipinski definition) is 3. The van der Waals surface area contributed by atoms with Gasteiger partial charge in [-0.2, -0.15) is 4.98 Å². The Morgan fingerprint density at radius 3 is 2.38 bits per heavy atom. The zero-order valence-electron chi connectivity index (χ0n) is 22.9. The van der Waals surface area contributed by atoms with Gasteiger partial charge in [-0.05, 0) is 52.2 Å². The van der Waals surface area contributed by atoms with Gasteiger partial charge in [0.15, 0.2) is 12.1 Å². The first-order chi connectivity index (χ1) is 17.7. The predicted molar refractivity (Wildman–Crippen MR) is 147 cm³/mol. The molecule has 1 aliphatic heterocycles. The molecule has 0 saturated heterocycles. The summed E-state index contributed by atoms with van der Waals surface area (Å²) in [6.07, 6.45) is 10.4. The average molecular weight is 521 g/mol. The number of ketones is 1. The zero-order valence-corrected chi connectivity index (χ0v) is 22.9. The van der Waals surface area contributed by atoms with E-state index in [4.69, 9.17) is 9.78 Å². The van der Waals surface area contributed by atoms with Gasteiger partial charge in [0.1, 0.15) is 29.9 Å². The van der Waals surface area contributed by atoms with Gasteiger partial charge in [0.25, 0.3) is 0 Å². The average Bonchev–Trinajstić information content (AvgIpc) is 3.14. The van der Waals surface area contributed by atoms with Crippen LogP contribution in [-0.2, 0) is 9.59 Å². The highest BCUT2D eigenvalue weighted by Crippen LogP contribution is 2.37. The second kappa shape index (κ2) is 16.4. The number of aromatic nitrogens is 2. The fraction of sp³-hybridized carbons (Fsp3) is 0.556. The molecule has 0 spiro atoms. The Morgan fingerprint density at radius 2 is 1.84 bits per heavy atom. The number of Topliss-reactive ketones (excluding diaryl/α,β-unsaturated/α-hetero) is 1. The molecule has 1 aromatic rings. The van der Waals surface area contributed by atoms with Crippen LogP contribution in [0.25, 0.3) is 0 Å². The Bertz CT molecular complexity index is 958. The second-order valence-corrected chi connectivity index (χ2v) is 9.03. The maximum absolute atomic E-state index is 14.5. The van der Waals surface area contributed by atoms with Crippen LogP contribution in [0.1, 0.15) is 80.1 Å². The summed E-state index contributed by atoms with van der Waals surface area (Å²) in [7, 11) is 0. The third-order valence-corrected chi connectivity index (χ3v) is 5.59. The highest BCUT2D eigenvalue weighted by Gasteiger charge is 2.36. The largest absolute Gasteiger partial charge is 0.352 e. The molecule has 37 heavy (non-hydrogen) atoms. The van der Waals surface area contributed by atoms with Gasteiger partial charge in [-0.25, -0.2) is 13.8 Å². The van der Waals surface area contributed by atoms with Crippen molar-refractivity contribution < 1.29 is 18.4 Å². The lowest BCUT2D eigenvalue weighted by Gasteiger charge is -2.35. The van der Waals surface area contributed by atoms with E-state index in [0.29, 0.717) is 18.8 Å². The number of fused-ring (bicyclic) bond motifs is 1. The molecule has 0 aromatic carbocycles. The molecule has 8 nitrogen and oxygen atoms in total. The number of hydrogen-bond acceptors (Lipinski definition) is 8. The summed E-state index contributed by atoms with van der Waals surface area (Å²) in [5, 5.41) is 9.59. The van der Waals surface area contributed by atoms with Crippen LogP contribution in [-0.4, -0.2) is 40.9 Å². The normalized spacial score (nSPS) is 16.1. The summed E-state index contributed by atoms with van der Waals surface area (Å²) in [4.78, 5) is 29.0. The number of nitrogens with zero attached hydrogens (tertiary/aromatic N) is 3. The van der Waals surface area contributed by atoms with Crippen LogP contribution in [0.5, 0.6) is 0 Å². The van der Waals surface area contributed by atoms with Gasteiger partial charge in [0.05, 0.1) is 11.9 Å². The van der Waals surface area contributed by atoms with Crippen molar-refractivity contribution in [3.8, 4) is 0 Å². The van der Waals surface area contributed by atoms with Crippen LogP contribution < -0.4 is 20.9 Å². The first kappa shape index (κ1) is 31.7. The Kier molecular flexibility index (Phi) is 14.1. The van der Waals surface area contributed by atoms with Gasteiger partial charge in [-0.15, -0.1) is 0 Å². The summed E-state index contributed by atoms with van der Waals surface area (Å²) in [5.74, 6) is 0.328. The molecular formula is C27H42F2N6O2. The summed E-state index contributed by atoms with van der Waals surface area (Å²) < 4.78 is 29.1. The lowest BCUT2D eigenvalue weighted by Crippen LogP contribution is -2.52. The van der Waals surface area contributed by atoms with E-state index >= 15 is 0 Å². The maximum Gasteiger partial charge on any atom is 0.224 e. The van der Waals surface area contributed by atoms with E-state index in [1.165, 1.54) is 12.2 Å². The molecule has 1 aromatic heterocycles. The highest BCUT2D eigenvalue weighted by molar-refractivity contribution is 5.75. The molecule has 3 N–H and O–H groups in total. The SMILES string of the molecule is C=O.CCC(C)=O.CCCC(CCC)N1c2nc(NC(C)C)ncc2NC1NC1=C(F)C=CCC=C1F. The predicted octanol–water partition coefficient (Wildman–Crippen LogP) is 6.17. The molecule has 1 unspecified atom stereocenters. The number of anilines is 3. The van der Waals surface area contributed by atoms with Crippen molar-refractivity contribution in [1.29, 1.82) is 0 Å². The Balaban J connectivity index is 0.000000874. The van der Waals surface area contributed by atoms with Crippen molar-refractivity contribution >= 4 is 30.0 Å². The number of nitrogens with one attached hydrogen (secondary N) is 3. The van der Waals surface area contributed by atoms with E-state index in [1.54, 1.807) is 19.2 Å². The van der Waals surface area contributed by atoms with E-state index in [1.807, 2.05) is 27.6 Å². The van der Waals surface area contributed by atoms with Gasteiger partial charge in [-0.1, -0.05) is 39.7 Å². The first-order valence-corrected chi connectivity index (χ1v) is 12.9. The number of carbonyl (C=O) groups excluding carboxylic acids is 2. The van der Waals surface area contributed by atoms with E-state index < -0.39 is 17.9 Å². The summed E-state index contributed by atoms with van der Waals surface area (Å²) >= 11 is 0. The Morgan fingerprint density at radius 1 is 1.22 bits per heavy atom. The molecular weight excluding hydrogens is 478 g/mol. The smallest absolute Gasteiger partial charge is 0.224 e. The summed E-state index contributed by atoms with van der Waals surface area (Å²) in [6, 6.07) is 0.364. The molecule has 206 valence electrons. The Labute approximate surface area is 219 Å². The van der Waals surface area contributed by atoms with Crippen LogP contribution in [0.2, 0.25) is 0 Å². The standard InChI is InChI=1S/C22H32F2N6.C4H8O.CH2O/c1-5-9-15(10-6-2)30-20-18(13-25-21(29-20)26-14(3)4)27-22(30)28-19-16(23)11-7-8-12-17(19)24;1-3-4(2)5;1-2/h7,11-15,22,27-28H,5-6,8-10H2,1-4H3,(H,25,26,29);3H2,1-2H3;1H2. The van der Waals surface area contributed by atoms with E-state index in [9.17, 15) is 13.6 Å². The van der Waals surface area contributed by atoms with Crippen LogP contribution in [0.3, 0.4) is 0 Å². The Hall–Kier alpha value is -3.30. The zero-order chi connectivity index (χ0) is 28.0. The quantitative estimate of drug-likeness (QED) is 0.337. The third kappa shape index (κ3) is 9.59. The minimum Gasteiger partial charge on any atom is -0.352 e. The van der Waals surface area contributed by atoms with Gasteiger partial charge in [0, 0.05) is 18.5 Å². The summed E-state index contributed by atoms with van der Waals surface area (Å²) in [6.45, 7) is 13.8. The number of allylic oxidation sites excluding steroid dienone is 5. The lowest BCUT2D eigenvalue weighted by atomic mass is 10.1. The number of rotatable bonds is 10. The molecule has 1 aliphatic carbocycles. The van der Waals surface area contributed by atoms with Gasteiger partial charge >= 0.3 is 0 Å². The minimum absolute atomic E-state index is 0.140. The molecule has 10 heteroatoms. The monoisotopic (exact) mass is 520 g/mol. The molecule has 0 radical (unpaired) electrons. The molecule has 1 atom stereocenters. The molecule has 0 bridgehead atoms. The second-order valence-electron chi connectivity index (χ2n) is 9.03. The molecule has 0 saturated carbocycles. The van der Waals surface area contributed by atoms with Crippen molar-refractivity contribution in [3.05, 3.63) is 41.8 Å². The van der Waals surface area contributed by atoms with Crippen LogP contribution in [0.4, 0.5) is 26.2 Å². The van der Waals surface area contributed by atoms with E-state index in [2.05, 4.69) is 39.7 Å². The first-order valence-electron chi connectivity index (χ1n) is 12.9. The fourth-order valence-corrected chi connectivity index (χ4v) is 3.83. The number of carbonyl (C=O) groups is 2. The van der Waals surface area contributed by atoms with Crippen molar-refractivity contribution in [2.24, 2.45) is 0 Å². The molecule has 0 fully saturated rings. The van der Waals surface area contributed by atoms with Crippen molar-refractivity contribution in [3.63, 3.8) is 0 Å². The van der Waals surface area contributed by atoms with Crippen LogP contribution >= 0.6 is 0 Å². The topological polar surface area (TPSA) is 99.2 Å². The molecule has 2 aliphatic rings. The third-order valence-electron chi connectivity index (χ3n) is 5.59. The van der Waals surface area contributed by atoms with Crippen molar-refractivity contribution in [1.82, 2.24) is 15.3 Å².